The number of fused-ring (bicyclic) bond motifs is 1. The number of hydrogen-bond donors (Lipinski definition) is 1. The predicted octanol–water partition coefficient (Wildman–Crippen LogP) is 5.03. The normalized spacial score (nSPS) is 13.5. The van der Waals surface area contributed by atoms with Crippen molar-refractivity contribution in [3.63, 3.8) is 0 Å². The molecule has 1 aliphatic rings. The van der Waals surface area contributed by atoms with Crippen LogP contribution in [0.25, 0.3) is 0 Å². The number of aryl methyl sites for hydroxylation is 1. The lowest BCUT2D eigenvalue weighted by Crippen LogP contribution is -2.50. The van der Waals surface area contributed by atoms with Crippen LogP contribution in [0.1, 0.15) is 44.7 Å². The van der Waals surface area contributed by atoms with E-state index in [0.29, 0.717) is 47.6 Å². The van der Waals surface area contributed by atoms with E-state index >= 15 is 0 Å². The van der Waals surface area contributed by atoms with Crippen LogP contribution in [-0.4, -0.2) is 42.0 Å². The van der Waals surface area contributed by atoms with E-state index in [1.165, 1.54) is 0 Å². The summed E-state index contributed by atoms with van der Waals surface area (Å²) in [7, 11) is 0. The first-order chi connectivity index (χ1) is 15.8. The van der Waals surface area contributed by atoms with Crippen LogP contribution in [0.4, 0.5) is 0 Å². The van der Waals surface area contributed by atoms with E-state index in [1.807, 2.05) is 45.0 Å². The molecule has 0 spiro atoms. The molecule has 1 N–H and O–H groups in total. The van der Waals surface area contributed by atoms with Gasteiger partial charge in [0.15, 0.2) is 11.5 Å². The van der Waals surface area contributed by atoms with Crippen LogP contribution in [0, 0.1) is 0 Å². The van der Waals surface area contributed by atoms with E-state index in [2.05, 4.69) is 5.32 Å². The summed E-state index contributed by atoms with van der Waals surface area (Å²) in [6.45, 7) is 7.01. The summed E-state index contributed by atoms with van der Waals surface area (Å²) in [5.41, 5.74) is 1.79. The molecule has 3 rings (SSSR count). The van der Waals surface area contributed by atoms with E-state index < -0.39 is 6.04 Å². The Kier molecular flexibility index (Phi) is 8.87. The van der Waals surface area contributed by atoms with E-state index in [9.17, 15) is 9.59 Å². The minimum Gasteiger partial charge on any atom is -0.486 e. The maximum absolute atomic E-state index is 13.4. The second kappa shape index (κ2) is 11.6. The molecule has 1 atom stereocenters. The van der Waals surface area contributed by atoms with Gasteiger partial charge in [-0.15, -0.1) is 0 Å². The highest BCUT2D eigenvalue weighted by molar-refractivity contribution is 6.42. The first-order valence-corrected chi connectivity index (χ1v) is 12.0. The Labute approximate surface area is 205 Å². The molecule has 0 unspecified atom stereocenters. The lowest BCUT2D eigenvalue weighted by molar-refractivity contribution is -0.141. The van der Waals surface area contributed by atoms with Gasteiger partial charge in [0.25, 0.3) is 0 Å². The molecule has 2 amide bonds. The first-order valence-electron chi connectivity index (χ1n) is 11.2. The van der Waals surface area contributed by atoms with Crippen molar-refractivity contribution >= 4 is 35.0 Å². The van der Waals surface area contributed by atoms with Gasteiger partial charge in [-0.3, -0.25) is 9.59 Å². The zero-order chi connectivity index (χ0) is 24.0. The number of halogens is 2. The molecule has 1 aliphatic heterocycles. The van der Waals surface area contributed by atoms with Crippen LogP contribution in [0.3, 0.4) is 0 Å². The van der Waals surface area contributed by atoms with Gasteiger partial charge in [-0.1, -0.05) is 42.3 Å². The summed E-state index contributed by atoms with van der Waals surface area (Å²) in [5, 5.41) is 3.79. The Morgan fingerprint density at radius 2 is 1.70 bits per heavy atom. The van der Waals surface area contributed by atoms with Gasteiger partial charge < -0.3 is 19.7 Å². The molecule has 1 heterocycles. The number of carbonyl (C=O) groups excluding carboxylic acids is 2. The number of rotatable bonds is 9. The lowest BCUT2D eigenvalue weighted by Gasteiger charge is -2.31. The Morgan fingerprint density at radius 3 is 2.36 bits per heavy atom. The average Bonchev–Trinajstić information content (AvgIpc) is 2.79. The predicted molar refractivity (Wildman–Crippen MR) is 130 cm³/mol. The maximum atomic E-state index is 13.4. The van der Waals surface area contributed by atoms with Crippen molar-refractivity contribution in [2.45, 2.75) is 58.7 Å². The van der Waals surface area contributed by atoms with Gasteiger partial charge in [0, 0.05) is 19.0 Å². The van der Waals surface area contributed by atoms with Gasteiger partial charge in [0.05, 0.1) is 10.0 Å². The van der Waals surface area contributed by atoms with E-state index in [4.69, 9.17) is 32.7 Å². The molecule has 0 fully saturated rings. The van der Waals surface area contributed by atoms with E-state index in [1.54, 1.807) is 17.0 Å². The number of nitrogens with one attached hydrogen (secondary N) is 1. The molecule has 0 bridgehead atoms. The third-order valence-corrected chi connectivity index (χ3v) is 6.13. The molecule has 33 heavy (non-hydrogen) atoms. The van der Waals surface area contributed by atoms with Gasteiger partial charge in [-0.25, -0.2) is 0 Å². The van der Waals surface area contributed by atoms with Crippen LogP contribution in [0.15, 0.2) is 36.4 Å². The van der Waals surface area contributed by atoms with Crippen molar-refractivity contribution in [1.82, 2.24) is 10.2 Å². The summed E-state index contributed by atoms with van der Waals surface area (Å²) < 4.78 is 11.2. The van der Waals surface area contributed by atoms with Crippen molar-refractivity contribution in [1.29, 1.82) is 0 Å². The zero-order valence-electron chi connectivity index (χ0n) is 19.2. The molecule has 0 aliphatic carbocycles. The molecular formula is C25H30Cl2N2O4. The number of carbonyl (C=O) groups is 2. The van der Waals surface area contributed by atoms with Crippen molar-refractivity contribution in [3.8, 4) is 11.5 Å². The molecule has 0 saturated carbocycles. The molecule has 2 aromatic carbocycles. The van der Waals surface area contributed by atoms with Crippen molar-refractivity contribution in [2.75, 3.05) is 13.2 Å². The van der Waals surface area contributed by atoms with Gasteiger partial charge in [0.1, 0.15) is 19.3 Å². The standard InChI is InChI=1S/C25H30Cl2N2O4/c1-4-21(25(31)28-16(2)3)29(15-18-5-8-19(26)20(27)13-18)24(30)10-7-17-6-9-22-23(14-17)33-12-11-32-22/h5-6,8-9,13-14,16,21H,4,7,10-12,15H2,1-3H3,(H,28,31)/t21-/m0/s1. The van der Waals surface area contributed by atoms with Crippen molar-refractivity contribution in [3.05, 3.63) is 57.6 Å². The number of amides is 2. The molecule has 0 radical (unpaired) electrons. The highest BCUT2D eigenvalue weighted by Crippen LogP contribution is 2.31. The number of benzene rings is 2. The first kappa shape index (κ1) is 25.2. The largest absolute Gasteiger partial charge is 0.486 e. The molecular weight excluding hydrogens is 463 g/mol. The molecule has 2 aromatic rings. The van der Waals surface area contributed by atoms with E-state index in [-0.39, 0.29) is 30.8 Å². The highest BCUT2D eigenvalue weighted by Gasteiger charge is 2.29. The smallest absolute Gasteiger partial charge is 0.243 e. The summed E-state index contributed by atoms with van der Waals surface area (Å²) in [6.07, 6.45) is 1.28. The lowest BCUT2D eigenvalue weighted by atomic mass is 10.1. The van der Waals surface area contributed by atoms with Gasteiger partial charge >= 0.3 is 0 Å². The summed E-state index contributed by atoms with van der Waals surface area (Å²) in [4.78, 5) is 27.9. The fourth-order valence-corrected chi connectivity index (χ4v) is 4.09. The van der Waals surface area contributed by atoms with Crippen LogP contribution < -0.4 is 14.8 Å². The van der Waals surface area contributed by atoms with Crippen LogP contribution >= 0.6 is 23.2 Å². The van der Waals surface area contributed by atoms with Gasteiger partial charge in [-0.05, 0) is 62.1 Å². The highest BCUT2D eigenvalue weighted by atomic mass is 35.5. The third kappa shape index (κ3) is 6.78. The fraction of sp³-hybridized carbons (Fsp3) is 0.440. The third-order valence-electron chi connectivity index (χ3n) is 5.39. The Morgan fingerprint density at radius 1 is 1.00 bits per heavy atom. The van der Waals surface area contributed by atoms with Crippen molar-refractivity contribution < 1.29 is 19.1 Å². The van der Waals surface area contributed by atoms with Crippen LogP contribution in [0.5, 0.6) is 11.5 Å². The second-order valence-electron chi connectivity index (χ2n) is 8.34. The maximum Gasteiger partial charge on any atom is 0.243 e. The summed E-state index contributed by atoms with van der Waals surface area (Å²) >= 11 is 12.2. The van der Waals surface area contributed by atoms with Gasteiger partial charge in [0.2, 0.25) is 11.8 Å². The zero-order valence-corrected chi connectivity index (χ0v) is 20.7. The molecule has 8 heteroatoms. The fourth-order valence-electron chi connectivity index (χ4n) is 3.77. The SMILES string of the molecule is CC[C@@H](C(=O)NC(C)C)N(Cc1ccc(Cl)c(Cl)c1)C(=O)CCc1ccc2c(c1)OCCO2. The quantitative estimate of drug-likeness (QED) is 0.532. The monoisotopic (exact) mass is 492 g/mol. The molecule has 0 saturated heterocycles. The van der Waals surface area contributed by atoms with E-state index in [0.717, 1.165) is 11.1 Å². The molecule has 6 nitrogen and oxygen atoms in total. The van der Waals surface area contributed by atoms with Crippen LogP contribution in [0.2, 0.25) is 10.0 Å². The minimum absolute atomic E-state index is 0.0220. The topological polar surface area (TPSA) is 67.9 Å². The average molecular weight is 493 g/mol. The molecule has 178 valence electrons. The summed E-state index contributed by atoms with van der Waals surface area (Å²) in [6, 6.07) is 10.4. The second-order valence-corrected chi connectivity index (χ2v) is 9.15. The number of ether oxygens (including phenoxy) is 2. The Hall–Kier alpha value is -2.44. The molecule has 0 aromatic heterocycles. The number of hydrogen-bond acceptors (Lipinski definition) is 4. The minimum atomic E-state index is -0.588. The Balaban J connectivity index is 1.78. The number of nitrogens with zero attached hydrogens (tertiary/aromatic N) is 1. The summed E-state index contributed by atoms with van der Waals surface area (Å²) in [5.74, 6) is 1.14. The van der Waals surface area contributed by atoms with Crippen LogP contribution in [-0.2, 0) is 22.6 Å². The Bertz CT molecular complexity index is 996. The van der Waals surface area contributed by atoms with Crippen molar-refractivity contribution in [2.24, 2.45) is 0 Å². The van der Waals surface area contributed by atoms with Gasteiger partial charge in [-0.2, -0.15) is 0 Å².